The zero-order valence-corrected chi connectivity index (χ0v) is 15.1. The third kappa shape index (κ3) is 5.44. The second-order valence-corrected chi connectivity index (χ2v) is 6.20. The molecule has 0 atom stereocenters. The smallest absolute Gasteiger partial charge is 0.310 e. The third-order valence-corrected chi connectivity index (χ3v) is 4.13. The lowest BCUT2D eigenvalue weighted by Crippen LogP contribution is -2.22. The number of amides is 1. The second-order valence-electron chi connectivity index (χ2n) is 5.39. The van der Waals surface area contributed by atoms with Crippen LogP contribution < -0.4 is 5.32 Å². The fourth-order valence-corrected chi connectivity index (χ4v) is 2.42. The second kappa shape index (κ2) is 8.64. The Balaban J connectivity index is 1.87. The van der Waals surface area contributed by atoms with Gasteiger partial charge in [0.15, 0.2) is 6.61 Å². The van der Waals surface area contributed by atoms with E-state index in [1.54, 1.807) is 25.1 Å². The highest BCUT2D eigenvalue weighted by atomic mass is 35.5. The van der Waals surface area contributed by atoms with Crippen LogP contribution in [0.3, 0.4) is 0 Å². The first-order valence-electron chi connectivity index (χ1n) is 7.40. The third-order valence-electron chi connectivity index (χ3n) is 3.39. The Bertz CT molecular complexity index is 870. The molecule has 0 fully saturated rings. The largest absolute Gasteiger partial charge is 0.455 e. The Hall–Kier alpha value is -2.64. The van der Waals surface area contributed by atoms with Crippen LogP contribution in [0.2, 0.25) is 10.0 Å². The number of nitro benzene ring substituents is 1. The monoisotopic (exact) mass is 396 g/mol. The Morgan fingerprint density at radius 2 is 1.88 bits per heavy atom. The maximum atomic E-state index is 11.9. The fourth-order valence-electron chi connectivity index (χ4n) is 2.10. The highest BCUT2D eigenvalue weighted by Crippen LogP contribution is 2.23. The summed E-state index contributed by atoms with van der Waals surface area (Å²) in [7, 11) is 0. The van der Waals surface area contributed by atoms with E-state index in [1.165, 1.54) is 18.2 Å². The number of nitrogens with one attached hydrogen (secondary N) is 1. The molecular formula is C17H14Cl2N2O5. The van der Waals surface area contributed by atoms with Gasteiger partial charge in [0.25, 0.3) is 11.6 Å². The van der Waals surface area contributed by atoms with Crippen molar-refractivity contribution in [1.82, 2.24) is 0 Å². The molecule has 0 aliphatic carbocycles. The predicted molar refractivity (Wildman–Crippen MR) is 97.6 cm³/mol. The lowest BCUT2D eigenvalue weighted by Gasteiger charge is -2.09. The number of hydrogen-bond acceptors (Lipinski definition) is 5. The number of anilines is 1. The standard InChI is InChI=1S/C17H14Cl2N2O5/c1-10-6-12(21(24)25)3-5-15(10)20-16(22)9-26-17(23)8-11-2-4-13(18)14(19)7-11/h2-7H,8-9H2,1H3,(H,20,22). The molecule has 0 unspecified atom stereocenters. The number of rotatable bonds is 6. The molecule has 7 nitrogen and oxygen atoms in total. The first-order valence-corrected chi connectivity index (χ1v) is 8.16. The van der Waals surface area contributed by atoms with E-state index in [0.717, 1.165) is 0 Å². The van der Waals surface area contributed by atoms with Crippen LogP contribution in [0.1, 0.15) is 11.1 Å². The molecule has 0 aliphatic rings. The average molecular weight is 397 g/mol. The topological polar surface area (TPSA) is 98.5 Å². The molecule has 2 aromatic rings. The highest BCUT2D eigenvalue weighted by molar-refractivity contribution is 6.42. The number of non-ortho nitro benzene ring substituents is 1. The fraction of sp³-hybridized carbons (Fsp3) is 0.176. The molecule has 0 saturated heterocycles. The molecule has 26 heavy (non-hydrogen) atoms. The van der Waals surface area contributed by atoms with E-state index in [4.69, 9.17) is 27.9 Å². The first-order chi connectivity index (χ1) is 12.3. The number of carbonyl (C=O) groups is 2. The molecule has 0 aliphatic heterocycles. The van der Waals surface area contributed by atoms with Crippen LogP contribution >= 0.6 is 23.2 Å². The van der Waals surface area contributed by atoms with Crippen LogP contribution in [0.5, 0.6) is 0 Å². The number of nitro groups is 1. The summed E-state index contributed by atoms with van der Waals surface area (Å²) in [5.41, 5.74) is 1.46. The summed E-state index contributed by atoms with van der Waals surface area (Å²) in [6.07, 6.45) is -0.0548. The van der Waals surface area contributed by atoms with Gasteiger partial charge >= 0.3 is 5.97 Å². The van der Waals surface area contributed by atoms with Gasteiger partial charge < -0.3 is 10.1 Å². The number of ether oxygens (including phenoxy) is 1. The van der Waals surface area contributed by atoms with Crippen molar-refractivity contribution in [2.24, 2.45) is 0 Å². The molecule has 0 radical (unpaired) electrons. The van der Waals surface area contributed by atoms with Crippen LogP contribution in [0.15, 0.2) is 36.4 Å². The van der Waals surface area contributed by atoms with E-state index in [0.29, 0.717) is 26.9 Å². The zero-order valence-electron chi connectivity index (χ0n) is 13.6. The van der Waals surface area contributed by atoms with Gasteiger partial charge in [0.05, 0.1) is 21.4 Å². The van der Waals surface area contributed by atoms with Gasteiger partial charge in [-0.2, -0.15) is 0 Å². The maximum absolute atomic E-state index is 11.9. The number of aryl methyl sites for hydroxylation is 1. The SMILES string of the molecule is Cc1cc([N+](=O)[O-])ccc1NC(=O)COC(=O)Cc1ccc(Cl)c(Cl)c1. The van der Waals surface area contributed by atoms with Crippen molar-refractivity contribution in [2.75, 3.05) is 11.9 Å². The van der Waals surface area contributed by atoms with Crippen molar-refractivity contribution in [1.29, 1.82) is 0 Å². The van der Waals surface area contributed by atoms with E-state index in [9.17, 15) is 19.7 Å². The molecular weight excluding hydrogens is 383 g/mol. The molecule has 2 rings (SSSR count). The van der Waals surface area contributed by atoms with Gasteiger partial charge in [0.2, 0.25) is 0 Å². The van der Waals surface area contributed by atoms with Crippen LogP contribution in [-0.4, -0.2) is 23.4 Å². The van der Waals surface area contributed by atoms with Crippen molar-refractivity contribution in [2.45, 2.75) is 13.3 Å². The van der Waals surface area contributed by atoms with Gasteiger partial charge in [-0.3, -0.25) is 19.7 Å². The van der Waals surface area contributed by atoms with E-state index in [2.05, 4.69) is 5.32 Å². The van der Waals surface area contributed by atoms with Gasteiger partial charge in [0, 0.05) is 17.8 Å². The van der Waals surface area contributed by atoms with Gasteiger partial charge in [-0.25, -0.2) is 0 Å². The Morgan fingerprint density at radius 1 is 1.15 bits per heavy atom. The van der Waals surface area contributed by atoms with Gasteiger partial charge in [-0.1, -0.05) is 29.3 Å². The highest BCUT2D eigenvalue weighted by Gasteiger charge is 2.13. The molecule has 2 aromatic carbocycles. The minimum Gasteiger partial charge on any atom is -0.455 e. The molecule has 0 saturated carbocycles. The lowest BCUT2D eigenvalue weighted by molar-refractivity contribution is -0.384. The average Bonchev–Trinajstić information content (AvgIpc) is 2.58. The number of benzene rings is 2. The number of nitrogens with zero attached hydrogens (tertiary/aromatic N) is 1. The predicted octanol–water partition coefficient (Wildman–Crippen LogP) is 3.93. The Kier molecular flexibility index (Phi) is 6.54. The summed E-state index contributed by atoms with van der Waals surface area (Å²) in [5, 5.41) is 13.9. The van der Waals surface area contributed by atoms with Crippen molar-refractivity contribution in [3.8, 4) is 0 Å². The summed E-state index contributed by atoms with van der Waals surface area (Å²) >= 11 is 11.7. The van der Waals surface area contributed by atoms with E-state index in [1.807, 2.05) is 0 Å². The minimum absolute atomic E-state index is 0.0548. The van der Waals surface area contributed by atoms with Crippen molar-refractivity contribution < 1.29 is 19.2 Å². The van der Waals surface area contributed by atoms with Gasteiger partial charge in [-0.15, -0.1) is 0 Å². The van der Waals surface area contributed by atoms with Gasteiger partial charge in [-0.05, 0) is 36.2 Å². The lowest BCUT2D eigenvalue weighted by atomic mass is 10.1. The van der Waals surface area contributed by atoms with Gasteiger partial charge in [0.1, 0.15) is 0 Å². The van der Waals surface area contributed by atoms with E-state index in [-0.39, 0.29) is 12.1 Å². The molecule has 9 heteroatoms. The number of esters is 1. The molecule has 1 amide bonds. The molecule has 0 bridgehead atoms. The Labute approximate surface area is 159 Å². The maximum Gasteiger partial charge on any atom is 0.310 e. The number of hydrogen-bond donors (Lipinski definition) is 1. The summed E-state index contributed by atoms with van der Waals surface area (Å²) in [6, 6.07) is 8.78. The van der Waals surface area contributed by atoms with Crippen molar-refractivity contribution in [3.05, 3.63) is 67.7 Å². The van der Waals surface area contributed by atoms with Crippen molar-refractivity contribution in [3.63, 3.8) is 0 Å². The van der Waals surface area contributed by atoms with Crippen LogP contribution in [0, 0.1) is 17.0 Å². The zero-order chi connectivity index (χ0) is 19.3. The summed E-state index contributed by atoms with van der Waals surface area (Å²) in [6.45, 7) is 1.15. The summed E-state index contributed by atoms with van der Waals surface area (Å²) in [4.78, 5) is 33.9. The van der Waals surface area contributed by atoms with Crippen LogP contribution in [-0.2, 0) is 20.7 Å². The normalized spacial score (nSPS) is 10.3. The first kappa shape index (κ1) is 19.7. The Morgan fingerprint density at radius 3 is 2.50 bits per heavy atom. The van der Waals surface area contributed by atoms with Crippen LogP contribution in [0.4, 0.5) is 11.4 Å². The number of halogens is 2. The number of carbonyl (C=O) groups excluding carboxylic acids is 2. The summed E-state index contributed by atoms with van der Waals surface area (Å²) < 4.78 is 4.92. The molecule has 0 spiro atoms. The molecule has 0 aromatic heterocycles. The van der Waals surface area contributed by atoms with Crippen molar-refractivity contribution >= 4 is 46.5 Å². The minimum atomic E-state index is -0.598. The summed E-state index contributed by atoms with van der Waals surface area (Å²) in [5.74, 6) is -1.15. The quantitative estimate of drug-likeness (QED) is 0.452. The molecule has 136 valence electrons. The van der Waals surface area contributed by atoms with E-state index >= 15 is 0 Å². The molecule has 1 N–H and O–H groups in total. The van der Waals surface area contributed by atoms with E-state index < -0.39 is 23.4 Å². The molecule has 0 heterocycles. The van der Waals surface area contributed by atoms with Crippen LogP contribution in [0.25, 0.3) is 0 Å².